The fourth-order valence-corrected chi connectivity index (χ4v) is 3.03. The lowest BCUT2D eigenvalue weighted by molar-refractivity contribution is -0.189. The Bertz CT molecular complexity index is 266. The summed E-state index contributed by atoms with van der Waals surface area (Å²) in [4.78, 5) is 1.57. The summed E-state index contributed by atoms with van der Waals surface area (Å²) in [6, 6.07) is -2.31. The van der Waals surface area contributed by atoms with Gasteiger partial charge in [-0.25, -0.2) is 0 Å². The van der Waals surface area contributed by atoms with Gasteiger partial charge in [0.25, 0.3) is 0 Å². The van der Waals surface area contributed by atoms with Crippen molar-refractivity contribution in [2.45, 2.75) is 64.7 Å². The lowest BCUT2D eigenvalue weighted by Gasteiger charge is -2.35. The van der Waals surface area contributed by atoms with Crippen molar-refractivity contribution < 1.29 is 13.2 Å². The second-order valence-electron chi connectivity index (χ2n) is 6.03. The van der Waals surface area contributed by atoms with Crippen molar-refractivity contribution in [1.82, 2.24) is 4.90 Å². The molecule has 0 amide bonds. The van der Waals surface area contributed by atoms with Crippen molar-refractivity contribution in [3.63, 3.8) is 0 Å². The maximum Gasteiger partial charge on any atom is 0.405 e. The van der Waals surface area contributed by atoms with E-state index in [2.05, 4.69) is 13.8 Å². The predicted molar refractivity (Wildman–Crippen MR) is 71.9 cm³/mol. The first-order valence-electron chi connectivity index (χ1n) is 7.33. The molecule has 0 aliphatic carbocycles. The van der Waals surface area contributed by atoms with Crippen molar-refractivity contribution in [1.29, 1.82) is 0 Å². The van der Waals surface area contributed by atoms with Gasteiger partial charge in [0.1, 0.15) is 6.04 Å². The molecular formula is C14H27F3N2. The lowest BCUT2D eigenvalue weighted by Crippen LogP contribution is -2.56. The van der Waals surface area contributed by atoms with E-state index in [1.165, 1.54) is 0 Å². The summed E-state index contributed by atoms with van der Waals surface area (Å²) < 4.78 is 39.6. The van der Waals surface area contributed by atoms with Crippen LogP contribution in [0.4, 0.5) is 13.2 Å². The summed E-state index contributed by atoms with van der Waals surface area (Å²) >= 11 is 0. The molecule has 3 atom stereocenters. The first-order chi connectivity index (χ1) is 8.77. The van der Waals surface area contributed by atoms with Gasteiger partial charge in [-0.3, -0.25) is 4.90 Å². The molecule has 0 aromatic carbocycles. The number of alkyl halides is 3. The summed E-state index contributed by atoms with van der Waals surface area (Å²) in [5.74, 6) is 1.08. The van der Waals surface area contributed by atoms with Crippen molar-refractivity contribution in [3.05, 3.63) is 0 Å². The van der Waals surface area contributed by atoms with E-state index in [9.17, 15) is 13.2 Å². The van der Waals surface area contributed by atoms with Crippen LogP contribution in [0.15, 0.2) is 0 Å². The van der Waals surface area contributed by atoms with Gasteiger partial charge in [-0.1, -0.05) is 20.8 Å². The normalized spacial score (nSPS) is 26.2. The van der Waals surface area contributed by atoms with Crippen LogP contribution in [0.25, 0.3) is 0 Å². The van der Waals surface area contributed by atoms with Crippen LogP contribution >= 0.6 is 0 Å². The lowest BCUT2D eigenvalue weighted by atomic mass is 9.89. The first kappa shape index (κ1) is 16.8. The molecule has 0 spiro atoms. The average Bonchev–Trinajstić information content (AvgIpc) is 2.53. The minimum Gasteiger partial charge on any atom is -0.326 e. The molecule has 0 radical (unpaired) electrons. The highest BCUT2D eigenvalue weighted by atomic mass is 19.4. The quantitative estimate of drug-likeness (QED) is 0.855. The molecule has 0 aromatic heterocycles. The molecule has 0 aromatic rings. The van der Waals surface area contributed by atoms with Crippen molar-refractivity contribution in [2.75, 3.05) is 13.1 Å². The SMILES string of the molecule is CCC(N)C(N1CCCC(C(C)C)CC1)C(F)(F)F. The Morgan fingerprint density at radius 1 is 1.21 bits per heavy atom. The highest BCUT2D eigenvalue weighted by Crippen LogP contribution is 2.32. The molecule has 1 saturated heterocycles. The van der Waals surface area contributed by atoms with Gasteiger partial charge in [0.2, 0.25) is 0 Å². The third kappa shape index (κ3) is 4.63. The Kier molecular flexibility index (Phi) is 6.12. The summed E-state index contributed by atoms with van der Waals surface area (Å²) in [5.41, 5.74) is 5.72. The van der Waals surface area contributed by atoms with E-state index in [-0.39, 0.29) is 0 Å². The van der Waals surface area contributed by atoms with Gasteiger partial charge in [-0.05, 0) is 50.6 Å². The molecule has 19 heavy (non-hydrogen) atoms. The Hall–Kier alpha value is -0.290. The maximum atomic E-state index is 13.2. The van der Waals surface area contributed by atoms with Crippen LogP contribution in [0.5, 0.6) is 0 Å². The van der Waals surface area contributed by atoms with Gasteiger partial charge in [-0.2, -0.15) is 13.2 Å². The topological polar surface area (TPSA) is 29.3 Å². The predicted octanol–water partition coefficient (Wildman–Crippen LogP) is 3.41. The molecule has 1 aliphatic heterocycles. The Morgan fingerprint density at radius 3 is 2.32 bits per heavy atom. The van der Waals surface area contributed by atoms with E-state index >= 15 is 0 Å². The van der Waals surface area contributed by atoms with E-state index in [0.717, 1.165) is 19.3 Å². The number of likely N-dealkylation sites (tertiary alicyclic amines) is 1. The molecule has 0 bridgehead atoms. The molecular weight excluding hydrogens is 253 g/mol. The van der Waals surface area contributed by atoms with E-state index in [1.54, 1.807) is 11.8 Å². The van der Waals surface area contributed by atoms with Gasteiger partial charge < -0.3 is 5.73 Å². The highest BCUT2D eigenvalue weighted by Gasteiger charge is 2.46. The molecule has 5 heteroatoms. The Balaban J connectivity index is 2.75. The largest absolute Gasteiger partial charge is 0.405 e. The van der Waals surface area contributed by atoms with E-state index in [4.69, 9.17) is 5.73 Å². The third-order valence-corrected chi connectivity index (χ3v) is 4.36. The molecule has 0 saturated carbocycles. The summed E-state index contributed by atoms with van der Waals surface area (Å²) in [6.07, 6.45) is -1.16. The molecule has 1 fully saturated rings. The summed E-state index contributed by atoms with van der Waals surface area (Å²) in [5, 5.41) is 0. The van der Waals surface area contributed by atoms with Gasteiger partial charge >= 0.3 is 6.18 Å². The highest BCUT2D eigenvalue weighted by molar-refractivity contribution is 4.89. The standard InChI is InChI=1S/C14H27F3N2/c1-4-12(18)13(14(15,16)17)19-8-5-6-11(7-9-19)10(2)3/h10-13H,4-9,18H2,1-3H3. The zero-order valence-electron chi connectivity index (χ0n) is 12.2. The number of hydrogen-bond acceptors (Lipinski definition) is 2. The second-order valence-corrected chi connectivity index (χ2v) is 6.03. The number of nitrogens with zero attached hydrogens (tertiary/aromatic N) is 1. The minimum atomic E-state index is -4.23. The maximum absolute atomic E-state index is 13.2. The van der Waals surface area contributed by atoms with Crippen LogP contribution in [-0.4, -0.2) is 36.2 Å². The van der Waals surface area contributed by atoms with Gasteiger partial charge in [0, 0.05) is 6.04 Å². The zero-order chi connectivity index (χ0) is 14.6. The molecule has 1 heterocycles. The second kappa shape index (κ2) is 6.93. The van der Waals surface area contributed by atoms with Crippen LogP contribution < -0.4 is 5.73 Å². The number of hydrogen-bond donors (Lipinski definition) is 1. The third-order valence-electron chi connectivity index (χ3n) is 4.36. The number of rotatable bonds is 4. The number of nitrogens with two attached hydrogens (primary N) is 1. The van der Waals surface area contributed by atoms with Gasteiger partial charge in [0.05, 0.1) is 0 Å². The van der Waals surface area contributed by atoms with Crippen LogP contribution in [0, 0.1) is 11.8 Å². The van der Waals surface area contributed by atoms with Crippen molar-refractivity contribution >= 4 is 0 Å². The molecule has 2 nitrogen and oxygen atoms in total. The number of halogens is 3. The average molecular weight is 280 g/mol. The van der Waals surface area contributed by atoms with E-state index < -0.39 is 18.3 Å². The molecule has 3 unspecified atom stereocenters. The minimum absolute atomic E-state index is 0.355. The fraction of sp³-hybridized carbons (Fsp3) is 1.00. The fourth-order valence-electron chi connectivity index (χ4n) is 3.03. The molecule has 1 rings (SSSR count). The van der Waals surface area contributed by atoms with Gasteiger partial charge in [0.15, 0.2) is 0 Å². The van der Waals surface area contributed by atoms with E-state index in [1.807, 2.05) is 0 Å². The van der Waals surface area contributed by atoms with Crippen LogP contribution in [0.2, 0.25) is 0 Å². The molecule has 2 N–H and O–H groups in total. The summed E-state index contributed by atoms with van der Waals surface area (Å²) in [7, 11) is 0. The van der Waals surface area contributed by atoms with Crippen molar-refractivity contribution in [2.24, 2.45) is 17.6 Å². The Morgan fingerprint density at radius 2 is 1.84 bits per heavy atom. The zero-order valence-corrected chi connectivity index (χ0v) is 12.2. The smallest absolute Gasteiger partial charge is 0.326 e. The van der Waals surface area contributed by atoms with Crippen molar-refractivity contribution in [3.8, 4) is 0 Å². The van der Waals surface area contributed by atoms with E-state index in [0.29, 0.717) is 31.3 Å². The molecule has 1 aliphatic rings. The Labute approximate surface area is 114 Å². The first-order valence-corrected chi connectivity index (χ1v) is 7.33. The van der Waals surface area contributed by atoms with Crippen LogP contribution in [0.3, 0.4) is 0 Å². The monoisotopic (exact) mass is 280 g/mol. The summed E-state index contributed by atoms with van der Waals surface area (Å²) in [6.45, 7) is 7.05. The van der Waals surface area contributed by atoms with Crippen LogP contribution in [-0.2, 0) is 0 Å². The van der Waals surface area contributed by atoms with Crippen LogP contribution in [0.1, 0.15) is 46.5 Å². The molecule has 114 valence electrons. The van der Waals surface area contributed by atoms with Gasteiger partial charge in [-0.15, -0.1) is 0 Å².